The van der Waals surface area contributed by atoms with E-state index in [1.165, 1.54) is 60.7 Å². The van der Waals surface area contributed by atoms with Crippen LogP contribution in [-0.4, -0.2) is 14.4 Å². The number of imidazole rings is 1. The standard InChI is InChI=1S/C28H17N3/c1-2-4-19-16(3-1)12-23-20(19)6-5-17-11-18-13-22-24(14-21(18)27(17)23)28-30-9-10-31(28)26-7-8-29-15-25(22)26/h1-10,13-15H,11-12H2. The molecule has 0 N–H and O–H groups in total. The van der Waals surface area contributed by atoms with Gasteiger partial charge >= 0.3 is 0 Å². The number of rotatable bonds is 0. The third-order valence-electron chi connectivity index (χ3n) is 7.20. The molecule has 8 rings (SSSR count). The largest absolute Gasteiger partial charge is 0.299 e. The Hall–Kier alpha value is -3.98. The molecule has 0 spiro atoms. The fourth-order valence-corrected chi connectivity index (χ4v) is 5.88. The van der Waals surface area contributed by atoms with E-state index in [0.717, 1.165) is 24.0 Å². The number of nitrogens with zero attached hydrogens (tertiary/aromatic N) is 3. The molecule has 6 aromatic rings. The predicted molar refractivity (Wildman–Crippen MR) is 124 cm³/mol. The van der Waals surface area contributed by atoms with Gasteiger partial charge in [0.2, 0.25) is 0 Å². The number of aromatic nitrogens is 3. The summed E-state index contributed by atoms with van der Waals surface area (Å²) in [7, 11) is 0. The fraction of sp³-hybridized carbons (Fsp3) is 0.0714. The molecule has 0 amide bonds. The SMILES string of the molecule is c1ccc2c(c1)Cc1c-2ccc2c1-c1cc3c(cc1C2)c1cnccc1n1ccnc31. The molecule has 2 aliphatic rings. The van der Waals surface area contributed by atoms with Crippen LogP contribution in [0.3, 0.4) is 0 Å². The van der Waals surface area contributed by atoms with Gasteiger partial charge in [-0.1, -0.05) is 36.4 Å². The summed E-state index contributed by atoms with van der Waals surface area (Å²) in [6.45, 7) is 0. The monoisotopic (exact) mass is 395 g/mol. The minimum absolute atomic E-state index is 0.992. The van der Waals surface area contributed by atoms with Crippen molar-refractivity contribution < 1.29 is 0 Å². The van der Waals surface area contributed by atoms with Crippen LogP contribution in [0.5, 0.6) is 0 Å². The van der Waals surface area contributed by atoms with Crippen molar-refractivity contribution in [1.29, 1.82) is 0 Å². The molecule has 3 aromatic carbocycles. The Kier molecular flexibility index (Phi) is 2.74. The number of hydrogen-bond acceptors (Lipinski definition) is 2. The molecule has 0 aliphatic heterocycles. The molecular formula is C28H17N3. The summed E-state index contributed by atoms with van der Waals surface area (Å²) in [5, 5.41) is 3.62. The zero-order valence-corrected chi connectivity index (χ0v) is 16.8. The van der Waals surface area contributed by atoms with E-state index < -0.39 is 0 Å². The van der Waals surface area contributed by atoms with E-state index >= 15 is 0 Å². The second-order valence-electron chi connectivity index (χ2n) is 8.71. The fourth-order valence-electron chi connectivity index (χ4n) is 5.88. The van der Waals surface area contributed by atoms with Crippen molar-refractivity contribution in [1.82, 2.24) is 14.4 Å². The third-order valence-corrected chi connectivity index (χ3v) is 7.20. The Labute approximate surface area is 178 Å². The van der Waals surface area contributed by atoms with Gasteiger partial charge < -0.3 is 0 Å². The minimum atomic E-state index is 0.992. The van der Waals surface area contributed by atoms with Crippen LogP contribution in [0.4, 0.5) is 0 Å². The molecule has 2 aliphatic carbocycles. The lowest BCUT2D eigenvalue weighted by atomic mass is 9.94. The van der Waals surface area contributed by atoms with Crippen LogP contribution in [0.1, 0.15) is 22.3 Å². The molecule has 0 radical (unpaired) electrons. The van der Waals surface area contributed by atoms with Crippen LogP contribution in [0.25, 0.3) is 49.6 Å². The van der Waals surface area contributed by atoms with Crippen molar-refractivity contribution in [2.75, 3.05) is 0 Å². The molecule has 3 heterocycles. The van der Waals surface area contributed by atoms with Crippen LogP contribution in [0.2, 0.25) is 0 Å². The van der Waals surface area contributed by atoms with Crippen LogP contribution in [-0.2, 0) is 12.8 Å². The maximum atomic E-state index is 4.73. The minimum Gasteiger partial charge on any atom is -0.299 e. The summed E-state index contributed by atoms with van der Waals surface area (Å²) < 4.78 is 2.19. The van der Waals surface area contributed by atoms with Gasteiger partial charge in [-0.25, -0.2) is 4.98 Å². The number of hydrogen-bond donors (Lipinski definition) is 0. The molecule has 0 fully saturated rings. The van der Waals surface area contributed by atoms with E-state index in [1.54, 1.807) is 0 Å². The first-order valence-corrected chi connectivity index (χ1v) is 10.8. The Bertz CT molecular complexity index is 1740. The Morgan fingerprint density at radius 3 is 2.68 bits per heavy atom. The summed E-state index contributed by atoms with van der Waals surface area (Å²) in [5.74, 6) is 0. The lowest BCUT2D eigenvalue weighted by Gasteiger charge is -2.12. The molecule has 0 unspecified atom stereocenters. The van der Waals surface area contributed by atoms with Crippen LogP contribution >= 0.6 is 0 Å². The second-order valence-corrected chi connectivity index (χ2v) is 8.71. The Morgan fingerprint density at radius 1 is 0.710 bits per heavy atom. The van der Waals surface area contributed by atoms with Gasteiger partial charge in [-0.2, -0.15) is 0 Å². The van der Waals surface area contributed by atoms with Gasteiger partial charge in [0.25, 0.3) is 0 Å². The van der Waals surface area contributed by atoms with Crippen molar-refractivity contribution in [2.24, 2.45) is 0 Å². The second kappa shape index (κ2) is 5.38. The zero-order valence-electron chi connectivity index (χ0n) is 16.8. The number of pyridine rings is 2. The van der Waals surface area contributed by atoms with Gasteiger partial charge in [-0.05, 0) is 80.9 Å². The molecule has 0 atom stereocenters. The highest BCUT2D eigenvalue weighted by molar-refractivity contribution is 6.13. The molecule has 144 valence electrons. The first-order valence-electron chi connectivity index (χ1n) is 10.8. The van der Waals surface area contributed by atoms with E-state index in [9.17, 15) is 0 Å². The summed E-state index contributed by atoms with van der Waals surface area (Å²) in [6.07, 6.45) is 9.80. The van der Waals surface area contributed by atoms with Crippen molar-refractivity contribution >= 4 is 27.3 Å². The van der Waals surface area contributed by atoms with E-state index in [4.69, 9.17) is 4.98 Å². The molecular weight excluding hydrogens is 378 g/mol. The van der Waals surface area contributed by atoms with E-state index in [-0.39, 0.29) is 0 Å². The average molecular weight is 395 g/mol. The highest BCUT2D eigenvalue weighted by Gasteiger charge is 2.29. The molecule has 0 saturated heterocycles. The van der Waals surface area contributed by atoms with Gasteiger partial charge in [-0.3, -0.25) is 9.38 Å². The van der Waals surface area contributed by atoms with E-state index in [1.807, 2.05) is 24.8 Å². The molecule has 31 heavy (non-hydrogen) atoms. The van der Waals surface area contributed by atoms with Gasteiger partial charge in [0.1, 0.15) is 5.65 Å². The summed E-state index contributed by atoms with van der Waals surface area (Å²) >= 11 is 0. The summed E-state index contributed by atoms with van der Waals surface area (Å²) in [6, 6.07) is 20.4. The molecule has 3 aromatic heterocycles. The van der Waals surface area contributed by atoms with Crippen LogP contribution < -0.4 is 0 Å². The lowest BCUT2D eigenvalue weighted by molar-refractivity contribution is 1.23. The van der Waals surface area contributed by atoms with Crippen molar-refractivity contribution in [3.8, 4) is 22.3 Å². The topological polar surface area (TPSA) is 30.2 Å². The highest BCUT2D eigenvalue weighted by Crippen LogP contribution is 2.48. The van der Waals surface area contributed by atoms with Gasteiger partial charge in [-0.15, -0.1) is 0 Å². The molecule has 0 bridgehead atoms. The van der Waals surface area contributed by atoms with Gasteiger partial charge in [0.05, 0.1) is 5.52 Å². The van der Waals surface area contributed by atoms with Crippen molar-refractivity contribution in [3.05, 3.63) is 102 Å². The molecule has 3 heteroatoms. The van der Waals surface area contributed by atoms with Crippen LogP contribution in [0.15, 0.2) is 79.4 Å². The molecule has 3 nitrogen and oxygen atoms in total. The zero-order chi connectivity index (χ0) is 20.1. The van der Waals surface area contributed by atoms with E-state index in [2.05, 4.69) is 64.0 Å². The van der Waals surface area contributed by atoms with Gasteiger partial charge in [0, 0.05) is 35.6 Å². The first-order chi connectivity index (χ1) is 15.4. The summed E-state index contributed by atoms with van der Waals surface area (Å²) in [4.78, 5) is 9.15. The van der Waals surface area contributed by atoms with Gasteiger partial charge in [0.15, 0.2) is 0 Å². The maximum absolute atomic E-state index is 4.73. The molecule has 0 saturated carbocycles. The quantitative estimate of drug-likeness (QED) is 0.287. The average Bonchev–Trinajstić information content (AvgIpc) is 3.52. The maximum Gasteiger partial charge on any atom is 0.145 e. The normalized spacial score (nSPS) is 13.5. The lowest BCUT2D eigenvalue weighted by Crippen LogP contribution is -1.93. The van der Waals surface area contributed by atoms with Crippen LogP contribution in [0, 0.1) is 0 Å². The van der Waals surface area contributed by atoms with Crippen molar-refractivity contribution in [2.45, 2.75) is 12.8 Å². The predicted octanol–water partition coefficient (Wildman–Crippen LogP) is 6.18. The summed E-state index contributed by atoms with van der Waals surface area (Å²) in [5.41, 5.74) is 13.6. The number of benzene rings is 3. The van der Waals surface area contributed by atoms with Crippen molar-refractivity contribution in [3.63, 3.8) is 0 Å². The van der Waals surface area contributed by atoms with E-state index in [0.29, 0.717) is 0 Å². The Morgan fingerprint density at radius 2 is 1.68 bits per heavy atom. The highest BCUT2D eigenvalue weighted by atomic mass is 15.0. The number of fused-ring (bicyclic) bond motifs is 13. The third kappa shape index (κ3) is 1.89. The smallest absolute Gasteiger partial charge is 0.145 e. The first kappa shape index (κ1) is 15.8. The Balaban J connectivity index is 1.48.